The highest BCUT2D eigenvalue weighted by Crippen LogP contribution is 2.22. The van der Waals surface area contributed by atoms with E-state index in [0.717, 1.165) is 17.9 Å². The van der Waals surface area contributed by atoms with Gasteiger partial charge in [0.05, 0.1) is 0 Å². The predicted molar refractivity (Wildman–Crippen MR) is 86.7 cm³/mol. The van der Waals surface area contributed by atoms with Crippen LogP contribution in [0.2, 0.25) is 10.0 Å². The van der Waals surface area contributed by atoms with Crippen LogP contribution in [0.4, 0.5) is 0 Å². The summed E-state index contributed by atoms with van der Waals surface area (Å²) in [5.74, 6) is 1.44. The van der Waals surface area contributed by atoms with Crippen molar-refractivity contribution in [2.75, 3.05) is 0 Å². The zero-order chi connectivity index (χ0) is 15.4. The van der Waals surface area contributed by atoms with E-state index in [2.05, 4.69) is 23.9 Å². The molecule has 0 saturated carbocycles. The molecule has 0 aliphatic heterocycles. The van der Waals surface area contributed by atoms with Crippen LogP contribution in [-0.4, -0.2) is 20.8 Å². The Labute approximate surface area is 135 Å². The van der Waals surface area contributed by atoms with Gasteiger partial charge in [-0.1, -0.05) is 43.1 Å². The SMILES string of the molecule is CC(C)Cn1ncnc1CC(N)Cc1ccc(Cl)cc1Cl. The normalized spacial score (nSPS) is 12.9. The van der Waals surface area contributed by atoms with E-state index in [1.54, 1.807) is 12.4 Å². The molecule has 1 aromatic heterocycles. The molecule has 1 aromatic carbocycles. The molecule has 1 atom stereocenters. The lowest BCUT2D eigenvalue weighted by Crippen LogP contribution is -2.28. The first-order chi connectivity index (χ1) is 9.95. The van der Waals surface area contributed by atoms with E-state index < -0.39 is 0 Å². The highest BCUT2D eigenvalue weighted by Gasteiger charge is 2.13. The zero-order valence-electron chi connectivity index (χ0n) is 12.3. The van der Waals surface area contributed by atoms with Crippen molar-refractivity contribution in [2.24, 2.45) is 11.7 Å². The van der Waals surface area contributed by atoms with Crippen molar-refractivity contribution in [3.63, 3.8) is 0 Å². The minimum Gasteiger partial charge on any atom is -0.327 e. The fourth-order valence-corrected chi connectivity index (χ4v) is 2.71. The van der Waals surface area contributed by atoms with Gasteiger partial charge in [-0.15, -0.1) is 0 Å². The van der Waals surface area contributed by atoms with Gasteiger partial charge in [-0.2, -0.15) is 5.10 Å². The first kappa shape index (κ1) is 16.3. The number of nitrogens with zero attached hydrogens (tertiary/aromatic N) is 3. The summed E-state index contributed by atoms with van der Waals surface area (Å²) in [6.07, 6.45) is 2.94. The van der Waals surface area contributed by atoms with Gasteiger partial charge in [0.15, 0.2) is 0 Å². The Kier molecular flexibility index (Phi) is 5.62. The Morgan fingerprint density at radius 3 is 2.67 bits per heavy atom. The largest absolute Gasteiger partial charge is 0.327 e. The number of hydrogen-bond acceptors (Lipinski definition) is 3. The van der Waals surface area contributed by atoms with E-state index in [9.17, 15) is 0 Å². The second kappa shape index (κ2) is 7.25. The summed E-state index contributed by atoms with van der Waals surface area (Å²) in [5.41, 5.74) is 7.23. The van der Waals surface area contributed by atoms with Crippen LogP contribution in [0.15, 0.2) is 24.5 Å². The van der Waals surface area contributed by atoms with Gasteiger partial charge in [-0.25, -0.2) is 9.67 Å². The average Bonchev–Trinajstić information content (AvgIpc) is 2.79. The van der Waals surface area contributed by atoms with Crippen molar-refractivity contribution in [1.29, 1.82) is 0 Å². The zero-order valence-corrected chi connectivity index (χ0v) is 13.8. The Hall–Kier alpha value is -1.10. The molecule has 2 N–H and O–H groups in total. The van der Waals surface area contributed by atoms with Crippen LogP contribution < -0.4 is 5.73 Å². The van der Waals surface area contributed by atoms with Gasteiger partial charge in [0.1, 0.15) is 12.2 Å². The highest BCUT2D eigenvalue weighted by atomic mass is 35.5. The summed E-state index contributed by atoms with van der Waals surface area (Å²) >= 11 is 12.1. The van der Waals surface area contributed by atoms with Crippen LogP contribution in [0.1, 0.15) is 25.2 Å². The molecule has 2 rings (SSSR count). The van der Waals surface area contributed by atoms with Crippen LogP contribution in [0.25, 0.3) is 0 Å². The highest BCUT2D eigenvalue weighted by molar-refractivity contribution is 6.35. The fourth-order valence-electron chi connectivity index (χ4n) is 2.22. The maximum atomic E-state index is 6.23. The molecule has 6 heteroatoms. The molecular formula is C15H20Cl2N4. The summed E-state index contributed by atoms with van der Waals surface area (Å²) in [6, 6.07) is 5.44. The smallest absolute Gasteiger partial charge is 0.138 e. The van der Waals surface area contributed by atoms with Crippen molar-refractivity contribution in [3.8, 4) is 0 Å². The van der Waals surface area contributed by atoms with E-state index in [4.69, 9.17) is 28.9 Å². The number of hydrogen-bond donors (Lipinski definition) is 1. The molecule has 1 unspecified atom stereocenters. The van der Waals surface area contributed by atoms with Crippen molar-refractivity contribution < 1.29 is 0 Å². The molecule has 0 radical (unpaired) electrons. The standard InChI is InChI=1S/C15H20Cl2N4/c1-10(2)8-21-15(19-9-20-21)7-13(18)5-11-3-4-12(16)6-14(11)17/h3-4,6,9-10,13H,5,7-8,18H2,1-2H3. The van der Waals surface area contributed by atoms with Crippen molar-refractivity contribution >= 4 is 23.2 Å². The van der Waals surface area contributed by atoms with Crippen LogP contribution in [0.5, 0.6) is 0 Å². The third kappa shape index (κ3) is 4.70. The van der Waals surface area contributed by atoms with Gasteiger partial charge < -0.3 is 5.73 Å². The lowest BCUT2D eigenvalue weighted by Gasteiger charge is -2.14. The van der Waals surface area contributed by atoms with Crippen molar-refractivity contribution in [1.82, 2.24) is 14.8 Å². The van der Waals surface area contributed by atoms with Crippen LogP contribution >= 0.6 is 23.2 Å². The number of halogens is 2. The minimum atomic E-state index is -0.0567. The van der Waals surface area contributed by atoms with E-state index in [1.165, 1.54) is 0 Å². The molecule has 0 aliphatic rings. The lowest BCUT2D eigenvalue weighted by molar-refractivity contribution is 0.457. The molecular weight excluding hydrogens is 307 g/mol. The maximum Gasteiger partial charge on any atom is 0.138 e. The van der Waals surface area contributed by atoms with Gasteiger partial charge in [0.25, 0.3) is 0 Å². The van der Waals surface area contributed by atoms with Gasteiger partial charge in [0, 0.05) is 29.1 Å². The lowest BCUT2D eigenvalue weighted by atomic mass is 10.0. The maximum absolute atomic E-state index is 6.23. The third-order valence-electron chi connectivity index (χ3n) is 3.18. The molecule has 114 valence electrons. The summed E-state index contributed by atoms with van der Waals surface area (Å²) < 4.78 is 1.92. The van der Waals surface area contributed by atoms with Crippen molar-refractivity contribution in [2.45, 2.75) is 39.3 Å². The van der Waals surface area contributed by atoms with Crippen LogP contribution in [0.3, 0.4) is 0 Å². The number of benzene rings is 1. The third-order valence-corrected chi connectivity index (χ3v) is 3.76. The molecule has 1 heterocycles. The molecule has 0 spiro atoms. The van der Waals surface area contributed by atoms with E-state index in [0.29, 0.717) is 28.8 Å². The summed E-state index contributed by atoms with van der Waals surface area (Å²) in [7, 11) is 0. The molecule has 0 amide bonds. The van der Waals surface area contributed by atoms with Crippen LogP contribution in [-0.2, 0) is 19.4 Å². The van der Waals surface area contributed by atoms with Crippen molar-refractivity contribution in [3.05, 3.63) is 46.0 Å². The molecule has 0 saturated heterocycles. The Morgan fingerprint density at radius 1 is 1.24 bits per heavy atom. The second-order valence-corrected chi connectivity index (χ2v) is 6.50. The Balaban J connectivity index is 2.01. The van der Waals surface area contributed by atoms with Crippen LogP contribution in [0, 0.1) is 5.92 Å². The molecule has 0 bridgehead atoms. The summed E-state index contributed by atoms with van der Waals surface area (Å²) in [5, 5.41) is 5.54. The Bertz CT molecular complexity index is 595. The quantitative estimate of drug-likeness (QED) is 0.885. The number of aromatic nitrogens is 3. The Morgan fingerprint density at radius 2 is 2.00 bits per heavy atom. The van der Waals surface area contributed by atoms with E-state index >= 15 is 0 Å². The molecule has 0 fully saturated rings. The molecule has 21 heavy (non-hydrogen) atoms. The van der Waals surface area contributed by atoms with E-state index in [-0.39, 0.29) is 6.04 Å². The molecule has 4 nitrogen and oxygen atoms in total. The topological polar surface area (TPSA) is 56.7 Å². The van der Waals surface area contributed by atoms with Gasteiger partial charge in [-0.05, 0) is 30.0 Å². The first-order valence-corrected chi connectivity index (χ1v) is 7.77. The molecule has 2 aromatic rings. The monoisotopic (exact) mass is 326 g/mol. The summed E-state index contributed by atoms with van der Waals surface area (Å²) in [6.45, 7) is 5.15. The average molecular weight is 327 g/mol. The fraction of sp³-hybridized carbons (Fsp3) is 0.467. The first-order valence-electron chi connectivity index (χ1n) is 7.02. The van der Waals surface area contributed by atoms with E-state index in [1.807, 2.05) is 16.8 Å². The van der Waals surface area contributed by atoms with Gasteiger partial charge in [0.2, 0.25) is 0 Å². The van der Waals surface area contributed by atoms with Gasteiger partial charge in [-0.3, -0.25) is 0 Å². The number of rotatable bonds is 6. The predicted octanol–water partition coefficient (Wildman–Crippen LogP) is 3.35. The van der Waals surface area contributed by atoms with Gasteiger partial charge >= 0.3 is 0 Å². The minimum absolute atomic E-state index is 0.0567. The molecule has 0 aliphatic carbocycles. The second-order valence-electron chi connectivity index (χ2n) is 5.66. The number of nitrogens with two attached hydrogens (primary N) is 1. The summed E-state index contributed by atoms with van der Waals surface area (Å²) in [4.78, 5) is 4.31.